The number of nitrogens with one attached hydrogen (secondary N) is 3. The van der Waals surface area contributed by atoms with Crippen LogP contribution in [0, 0.1) is 11.8 Å². The largest absolute Gasteiger partial charge is 0.481 e. The number of anilines is 1. The number of hydrogen-bond acceptors (Lipinski definition) is 10. The van der Waals surface area contributed by atoms with Crippen molar-refractivity contribution in [2.45, 2.75) is 50.1 Å². The third-order valence-corrected chi connectivity index (χ3v) is 8.44. The molecule has 0 saturated carbocycles. The second kappa shape index (κ2) is 9.39. The van der Waals surface area contributed by atoms with Crippen LogP contribution in [0.25, 0.3) is 11.2 Å². The Balaban J connectivity index is 1.27. The molecule has 2 fully saturated rings. The molecule has 0 spiro atoms. The van der Waals surface area contributed by atoms with E-state index in [1.807, 2.05) is 6.92 Å². The summed E-state index contributed by atoms with van der Waals surface area (Å²) in [7, 11) is 0. The van der Waals surface area contributed by atoms with Crippen molar-refractivity contribution in [3.8, 4) is 0 Å². The number of carboxylic acid groups (broad SMARTS) is 2. The Morgan fingerprint density at radius 1 is 1.30 bits per heavy atom. The summed E-state index contributed by atoms with van der Waals surface area (Å²) in [5.41, 5.74) is 0.748. The van der Waals surface area contributed by atoms with E-state index in [4.69, 9.17) is 5.11 Å². The van der Waals surface area contributed by atoms with Gasteiger partial charge in [0.25, 0.3) is 0 Å². The van der Waals surface area contributed by atoms with Crippen LogP contribution in [0.4, 0.5) is 5.95 Å². The monoisotopic (exact) mass is 531 g/mol. The van der Waals surface area contributed by atoms with Crippen LogP contribution < -0.4 is 10.6 Å². The number of nitrogens with zero attached hydrogens (tertiary/aromatic N) is 4. The number of carboxylic acids is 2. The number of rotatable bonds is 8. The van der Waals surface area contributed by atoms with Crippen LogP contribution in [0.1, 0.15) is 26.0 Å². The van der Waals surface area contributed by atoms with Crippen LogP contribution in [0.2, 0.25) is 0 Å². The third kappa shape index (κ3) is 4.32. The number of hydrogen-bond donors (Lipinski definition) is 6. The molecule has 0 aliphatic carbocycles. The van der Waals surface area contributed by atoms with Gasteiger partial charge in [0.2, 0.25) is 17.8 Å². The van der Waals surface area contributed by atoms with Crippen molar-refractivity contribution in [2.24, 2.45) is 11.8 Å². The lowest BCUT2D eigenvalue weighted by atomic mass is 9.79. The molecule has 3 aliphatic heterocycles. The summed E-state index contributed by atoms with van der Waals surface area (Å²) in [4.78, 5) is 65.6. The molecular formula is C22H25N7O7S. The predicted octanol–water partition coefficient (Wildman–Crippen LogP) is -0.464. The maximum Gasteiger partial charge on any atom is 0.353 e. The van der Waals surface area contributed by atoms with Gasteiger partial charge in [0, 0.05) is 22.6 Å². The molecule has 3 aliphatic rings. The standard InChI is InChI=1S/C22H25N7O7S/c1-7-15-13(8(2)30)20(34)29(15)16(21(35)36)17(7)37-9-3-11(23-5-9)19(33)28-22-26-10(4-12(31)32)14-18(27-22)25-6-24-14/h6-9,11,13,15,23,30H,3-5H2,1-2H3,(H,31,32)(H,35,36)(H2,24,25,26,27,28,33)/t7-,8-,9+,11+,13-,15-/m1/s1. The molecule has 0 aromatic carbocycles. The molecule has 15 heteroatoms. The normalized spacial score (nSPS) is 27.8. The van der Waals surface area contributed by atoms with E-state index >= 15 is 0 Å². The Bertz CT molecular complexity index is 1340. The summed E-state index contributed by atoms with van der Waals surface area (Å²) in [6.07, 6.45) is 0.487. The number of aliphatic hydroxyl groups is 1. The maximum absolute atomic E-state index is 12.9. The molecule has 0 bridgehead atoms. The number of aromatic nitrogens is 4. The van der Waals surface area contributed by atoms with Crippen LogP contribution >= 0.6 is 11.8 Å². The van der Waals surface area contributed by atoms with Gasteiger partial charge in [-0.3, -0.25) is 19.7 Å². The Morgan fingerprint density at radius 2 is 2.05 bits per heavy atom. The van der Waals surface area contributed by atoms with E-state index in [0.717, 1.165) is 0 Å². The lowest BCUT2D eigenvalue weighted by molar-refractivity contribution is -0.163. The number of aliphatic carboxylic acids is 2. The fourth-order valence-corrected chi connectivity index (χ4v) is 6.75. The number of aromatic amines is 1. The first-order valence-electron chi connectivity index (χ1n) is 11.7. The SMILES string of the molecule is C[C@@H](O)[C@H]1C(=O)N2C(C(=O)O)=C(S[C@@H]3CN[C@H](C(=O)Nc4nc(CC(=O)O)c5[nH]cnc5n4)C3)[C@H](C)[C@H]12. The molecule has 0 unspecified atom stereocenters. The van der Waals surface area contributed by atoms with E-state index in [2.05, 4.69) is 30.6 Å². The zero-order chi connectivity index (χ0) is 26.6. The zero-order valence-electron chi connectivity index (χ0n) is 19.8. The summed E-state index contributed by atoms with van der Waals surface area (Å²) in [5, 5.41) is 34.6. The van der Waals surface area contributed by atoms with Crippen molar-refractivity contribution in [1.29, 1.82) is 0 Å². The minimum atomic E-state index is -1.20. The predicted molar refractivity (Wildman–Crippen MR) is 129 cm³/mol. The minimum absolute atomic E-state index is 0.0519. The fourth-order valence-electron chi connectivity index (χ4n) is 5.27. The van der Waals surface area contributed by atoms with Crippen LogP contribution in [0.3, 0.4) is 0 Å². The number of amides is 2. The molecule has 2 amide bonds. The Labute approximate surface area is 213 Å². The number of β-lactam (4-membered cyclic amide) rings is 1. The summed E-state index contributed by atoms with van der Waals surface area (Å²) in [6, 6.07) is -1.02. The third-order valence-electron chi connectivity index (χ3n) is 6.93. The molecule has 196 valence electrons. The van der Waals surface area contributed by atoms with E-state index in [9.17, 15) is 29.4 Å². The molecule has 2 saturated heterocycles. The summed E-state index contributed by atoms with van der Waals surface area (Å²) in [6.45, 7) is 3.80. The Hall–Kier alpha value is -3.56. The van der Waals surface area contributed by atoms with Crippen molar-refractivity contribution in [3.63, 3.8) is 0 Å². The Kier molecular flexibility index (Phi) is 6.37. The van der Waals surface area contributed by atoms with E-state index in [-0.39, 0.29) is 40.6 Å². The van der Waals surface area contributed by atoms with Crippen LogP contribution in [-0.2, 0) is 25.6 Å². The smallest absolute Gasteiger partial charge is 0.353 e. The second-order valence-corrected chi connectivity index (χ2v) is 10.7. The first kappa shape index (κ1) is 25.1. The molecule has 6 N–H and O–H groups in total. The van der Waals surface area contributed by atoms with Gasteiger partial charge in [-0.2, -0.15) is 4.98 Å². The molecule has 14 nitrogen and oxygen atoms in total. The topological polar surface area (TPSA) is 211 Å². The summed E-state index contributed by atoms with van der Waals surface area (Å²) in [5.74, 6) is -4.06. The van der Waals surface area contributed by atoms with Crippen LogP contribution in [-0.4, -0.2) is 93.9 Å². The van der Waals surface area contributed by atoms with Gasteiger partial charge < -0.3 is 30.5 Å². The molecule has 6 atom stereocenters. The summed E-state index contributed by atoms with van der Waals surface area (Å²) < 4.78 is 0. The highest BCUT2D eigenvalue weighted by molar-refractivity contribution is 8.03. The number of thioether (sulfide) groups is 1. The average Bonchev–Trinajstić information content (AvgIpc) is 3.52. The fraction of sp³-hybridized carbons (Fsp3) is 0.500. The van der Waals surface area contributed by atoms with Crippen molar-refractivity contribution < 1.29 is 34.5 Å². The minimum Gasteiger partial charge on any atom is -0.481 e. The molecule has 0 radical (unpaired) electrons. The molecule has 5 heterocycles. The number of carbonyl (C=O) groups excluding carboxylic acids is 2. The first-order valence-corrected chi connectivity index (χ1v) is 12.6. The zero-order valence-corrected chi connectivity index (χ0v) is 20.7. The second-order valence-electron chi connectivity index (χ2n) is 9.36. The number of carbonyl (C=O) groups is 4. The van der Waals surface area contributed by atoms with E-state index in [1.54, 1.807) is 0 Å². The van der Waals surface area contributed by atoms with Gasteiger partial charge in [-0.1, -0.05) is 6.92 Å². The maximum atomic E-state index is 12.9. The number of aliphatic hydroxyl groups excluding tert-OH is 1. The molecule has 2 aromatic heterocycles. The number of imidazole rings is 1. The van der Waals surface area contributed by atoms with Gasteiger partial charge >= 0.3 is 11.9 Å². The van der Waals surface area contributed by atoms with Crippen molar-refractivity contribution in [3.05, 3.63) is 22.6 Å². The van der Waals surface area contributed by atoms with Crippen LogP contribution in [0.15, 0.2) is 16.9 Å². The highest BCUT2D eigenvalue weighted by atomic mass is 32.2. The van der Waals surface area contributed by atoms with Gasteiger partial charge in [-0.25, -0.2) is 14.8 Å². The molecule has 37 heavy (non-hydrogen) atoms. The highest BCUT2D eigenvalue weighted by Crippen LogP contribution is 2.51. The average molecular weight is 532 g/mol. The molecule has 2 aromatic rings. The van der Waals surface area contributed by atoms with Gasteiger partial charge in [-0.15, -0.1) is 11.8 Å². The first-order chi connectivity index (χ1) is 17.6. The quantitative estimate of drug-likeness (QED) is 0.239. The van der Waals surface area contributed by atoms with Gasteiger partial charge in [-0.05, 0) is 13.3 Å². The van der Waals surface area contributed by atoms with E-state index in [0.29, 0.717) is 23.4 Å². The van der Waals surface area contributed by atoms with Gasteiger partial charge in [0.1, 0.15) is 11.2 Å². The van der Waals surface area contributed by atoms with Crippen molar-refractivity contribution >= 4 is 52.6 Å². The lowest BCUT2D eigenvalue weighted by Gasteiger charge is -2.46. The van der Waals surface area contributed by atoms with Crippen molar-refractivity contribution in [2.75, 3.05) is 11.9 Å². The van der Waals surface area contributed by atoms with Crippen LogP contribution in [0.5, 0.6) is 0 Å². The van der Waals surface area contributed by atoms with Gasteiger partial charge in [0.15, 0.2) is 5.65 Å². The molecular weight excluding hydrogens is 506 g/mol. The summed E-state index contributed by atoms with van der Waals surface area (Å²) >= 11 is 1.33. The van der Waals surface area contributed by atoms with E-state index < -0.39 is 47.9 Å². The lowest BCUT2D eigenvalue weighted by Crippen LogP contribution is -2.63. The van der Waals surface area contributed by atoms with E-state index in [1.165, 1.54) is 29.9 Å². The van der Waals surface area contributed by atoms with Crippen molar-refractivity contribution in [1.82, 2.24) is 30.2 Å². The number of H-pyrrole nitrogens is 1. The molecule has 5 rings (SSSR count). The highest BCUT2D eigenvalue weighted by Gasteiger charge is 2.60. The van der Waals surface area contributed by atoms with Gasteiger partial charge in [0.05, 0.1) is 42.5 Å². The Morgan fingerprint density at radius 3 is 2.73 bits per heavy atom. The number of fused-ring (bicyclic) bond motifs is 2.